The monoisotopic (exact) mass is 111 g/mol. The van der Waals surface area contributed by atoms with Gasteiger partial charge in [0.1, 0.15) is 0 Å². The average molecular weight is 111 g/mol. The van der Waals surface area contributed by atoms with Crippen LogP contribution in [0, 0.1) is 0 Å². The predicted molar refractivity (Wildman–Crippen MR) is 37.6 cm³/mol. The molecule has 46 valence electrons. The molecule has 0 amide bonds. The van der Waals surface area contributed by atoms with E-state index in [2.05, 4.69) is 12.7 Å². The summed E-state index contributed by atoms with van der Waals surface area (Å²) < 4.78 is 0. The van der Waals surface area contributed by atoms with Gasteiger partial charge < -0.3 is 5.73 Å². The number of hydrogen-bond acceptors (Lipinski definition) is 1. The van der Waals surface area contributed by atoms with Crippen LogP contribution in [0.5, 0.6) is 0 Å². The third-order valence-electron chi connectivity index (χ3n) is 0.955. The number of allylic oxidation sites excluding steroid dienone is 2. The third kappa shape index (κ3) is 3.62. The Balaban J connectivity index is 3.40. The molecule has 0 saturated heterocycles. The van der Waals surface area contributed by atoms with Crippen LogP contribution in [-0.2, 0) is 0 Å². The maximum absolute atomic E-state index is 5.31. The van der Waals surface area contributed by atoms with E-state index in [4.69, 9.17) is 5.73 Å². The van der Waals surface area contributed by atoms with Crippen molar-refractivity contribution in [2.45, 2.75) is 13.3 Å². The minimum Gasteiger partial charge on any atom is -0.327 e. The SMILES string of the molecule is C=CC/C=C(/C)CN. The summed E-state index contributed by atoms with van der Waals surface area (Å²) in [7, 11) is 0. The van der Waals surface area contributed by atoms with E-state index in [9.17, 15) is 0 Å². The Morgan fingerprint density at radius 1 is 1.75 bits per heavy atom. The lowest BCUT2D eigenvalue weighted by molar-refractivity contribution is 1.11. The maximum Gasteiger partial charge on any atom is 0.0134 e. The first-order chi connectivity index (χ1) is 3.81. The first kappa shape index (κ1) is 7.44. The van der Waals surface area contributed by atoms with Gasteiger partial charge in [-0.05, 0) is 13.3 Å². The lowest BCUT2D eigenvalue weighted by Gasteiger charge is -1.89. The number of nitrogens with two attached hydrogens (primary N) is 1. The van der Waals surface area contributed by atoms with Crippen LogP contribution in [-0.4, -0.2) is 6.54 Å². The Labute approximate surface area is 50.9 Å². The van der Waals surface area contributed by atoms with E-state index in [-0.39, 0.29) is 0 Å². The summed E-state index contributed by atoms with van der Waals surface area (Å²) in [6.07, 6.45) is 4.87. The van der Waals surface area contributed by atoms with Gasteiger partial charge in [0.2, 0.25) is 0 Å². The zero-order valence-electron chi connectivity index (χ0n) is 5.35. The minimum atomic E-state index is 0.661. The molecule has 0 aromatic carbocycles. The van der Waals surface area contributed by atoms with Gasteiger partial charge in [0.15, 0.2) is 0 Å². The van der Waals surface area contributed by atoms with Crippen LogP contribution in [0.2, 0.25) is 0 Å². The van der Waals surface area contributed by atoms with Gasteiger partial charge in [-0.25, -0.2) is 0 Å². The van der Waals surface area contributed by atoms with Crippen molar-refractivity contribution < 1.29 is 0 Å². The van der Waals surface area contributed by atoms with Crippen molar-refractivity contribution in [2.75, 3.05) is 6.54 Å². The van der Waals surface area contributed by atoms with Gasteiger partial charge in [0.05, 0.1) is 0 Å². The zero-order chi connectivity index (χ0) is 6.41. The van der Waals surface area contributed by atoms with Crippen LogP contribution in [0.25, 0.3) is 0 Å². The second-order valence-corrected chi connectivity index (χ2v) is 1.78. The van der Waals surface area contributed by atoms with E-state index in [0.717, 1.165) is 6.42 Å². The molecule has 0 rings (SSSR count). The van der Waals surface area contributed by atoms with Gasteiger partial charge in [-0.1, -0.05) is 17.7 Å². The van der Waals surface area contributed by atoms with Crippen molar-refractivity contribution >= 4 is 0 Å². The highest BCUT2D eigenvalue weighted by atomic mass is 14.5. The first-order valence-corrected chi connectivity index (χ1v) is 2.78. The molecule has 0 unspecified atom stereocenters. The first-order valence-electron chi connectivity index (χ1n) is 2.78. The quantitative estimate of drug-likeness (QED) is 0.548. The smallest absolute Gasteiger partial charge is 0.0134 e. The molecule has 0 bridgehead atoms. The Hall–Kier alpha value is -0.560. The Morgan fingerprint density at radius 3 is 2.75 bits per heavy atom. The Bertz CT molecular complexity index is 92.6. The van der Waals surface area contributed by atoms with E-state index in [1.807, 2.05) is 13.0 Å². The Morgan fingerprint density at radius 2 is 2.38 bits per heavy atom. The van der Waals surface area contributed by atoms with Crippen molar-refractivity contribution in [1.29, 1.82) is 0 Å². The molecule has 0 aromatic heterocycles. The van der Waals surface area contributed by atoms with Crippen molar-refractivity contribution in [3.63, 3.8) is 0 Å². The molecule has 2 N–H and O–H groups in total. The maximum atomic E-state index is 5.31. The van der Waals surface area contributed by atoms with E-state index in [1.54, 1.807) is 0 Å². The third-order valence-corrected chi connectivity index (χ3v) is 0.955. The molecule has 0 radical (unpaired) electrons. The molecular formula is C7H13N. The van der Waals surface area contributed by atoms with Gasteiger partial charge in [0, 0.05) is 6.54 Å². The van der Waals surface area contributed by atoms with E-state index in [0.29, 0.717) is 6.54 Å². The zero-order valence-corrected chi connectivity index (χ0v) is 5.35. The summed E-state index contributed by atoms with van der Waals surface area (Å²) >= 11 is 0. The van der Waals surface area contributed by atoms with Gasteiger partial charge >= 0.3 is 0 Å². The molecule has 1 heteroatoms. The number of hydrogen-bond donors (Lipinski definition) is 1. The molecule has 0 aliphatic rings. The highest BCUT2D eigenvalue weighted by molar-refractivity contribution is 5.01. The number of rotatable bonds is 3. The summed E-state index contributed by atoms with van der Waals surface area (Å²) in [6.45, 7) is 6.26. The molecular weight excluding hydrogens is 98.1 g/mol. The van der Waals surface area contributed by atoms with Gasteiger partial charge in [0.25, 0.3) is 0 Å². The van der Waals surface area contributed by atoms with Crippen molar-refractivity contribution in [2.24, 2.45) is 5.73 Å². The molecule has 0 aromatic rings. The van der Waals surface area contributed by atoms with Crippen LogP contribution < -0.4 is 5.73 Å². The topological polar surface area (TPSA) is 26.0 Å². The molecule has 0 aliphatic heterocycles. The van der Waals surface area contributed by atoms with Crippen LogP contribution in [0.3, 0.4) is 0 Å². The molecule has 0 spiro atoms. The summed E-state index contributed by atoms with van der Waals surface area (Å²) in [5, 5.41) is 0. The normalized spacial score (nSPS) is 11.5. The molecule has 0 aliphatic carbocycles. The molecule has 1 nitrogen and oxygen atoms in total. The van der Waals surface area contributed by atoms with E-state index in [1.165, 1.54) is 5.57 Å². The second kappa shape index (κ2) is 4.60. The molecule has 0 fully saturated rings. The average Bonchev–Trinajstić information content (AvgIpc) is 1.83. The molecule has 8 heavy (non-hydrogen) atoms. The molecule has 0 heterocycles. The van der Waals surface area contributed by atoms with Crippen LogP contribution in [0.15, 0.2) is 24.3 Å². The second-order valence-electron chi connectivity index (χ2n) is 1.78. The summed E-state index contributed by atoms with van der Waals surface area (Å²) in [5.74, 6) is 0. The van der Waals surface area contributed by atoms with Crippen molar-refractivity contribution in [1.82, 2.24) is 0 Å². The van der Waals surface area contributed by atoms with Gasteiger partial charge in [-0.15, -0.1) is 6.58 Å². The summed E-state index contributed by atoms with van der Waals surface area (Å²) in [5.41, 5.74) is 6.54. The molecule has 0 saturated carbocycles. The van der Waals surface area contributed by atoms with Gasteiger partial charge in [-0.3, -0.25) is 0 Å². The van der Waals surface area contributed by atoms with E-state index >= 15 is 0 Å². The molecule has 0 atom stereocenters. The minimum absolute atomic E-state index is 0.661. The van der Waals surface area contributed by atoms with Crippen LogP contribution >= 0.6 is 0 Å². The largest absolute Gasteiger partial charge is 0.327 e. The van der Waals surface area contributed by atoms with E-state index < -0.39 is 0 Å². The van der Waals surface area contributed by atoms with Crippen molar-refractivity contribution in [3.8, 4) is 0 Å². The van der Waals surface area contributed by atoms with Crippen molar-refractivity contribution in [3.05, 3.63) is 24.3 Å². The highest BCUT2D eigenvalue weighted by Crippen LogP contribution is 1.91. The summed E-state index contributed by atoms with van der Waals surface area (Å²) in [6, 6.07) is 0. The lowest BCUT2D eigenvalue weighted by Crippen LogP contribution is -1.98. The Kier molecular flexibility index (Phi) is 4.27. The summed E-state index contributed by atoms with van der Waals surface area (Å²) in [4.78, 5) is 0. The van der Waals surface area contributed by atoms with Crippen LogP contribution in [0.1, 0.15) is 13.3 Å². The predicted octanol–water partition coefficient (Wildman–Crippen LogP) is 1.47. The standard InChI is InChI=1S/C7H13N/c1-3-4-5-7(2)6-8/h3,5H,1,4,6,8H2,2H3/b7-5-. The fourth-order valence-electron chi connectivity index (χ4n) is 0.368. The fourth-order valence-corrected chi connectivity index (χ4v) is 0.368. The lowest BCUT2D eigenvalue weighted by atomic mass is 10.2. The van der Waals surface area contributed by atoms with Crippen LogP contribution in [0.4, 0.5) is 0 Å². The highest BCUT2D eigenvalue weighted by Gasteiger charge is 1.78. The van der Waals surface area contributed by atoms with Gasteiger partial charge in [-0.2, -0.15) is 0 Å². The fraction of sp³-hybridized carbons (Fsp3) is 0.429.